The molecule has 18 heavy (non-hydrogen) atoms. The highest BCUT2D eigenvalue weighted by molar-refractivity contribution is 5.14. The summed E-state index contributed by atoms with van der Waals surface area (Å²) in [5.41, 5.74) is 1.48. The van der Waals surface area contributed by atoms with Gasteiger partial charge in [0.25, 0.3) is 0 Å². The highest BCUT2D eigenvalue weighted by atomic mass is 14.9. The molecule has 1 heteroatoms. The summed E-state index contributed by atoms with van der Waals surface area (Å²) in [6, 6.07) is 11.6. The Morgan fingerprint density at radius 1 is 1.17 bits per heavy atom. The van der Waals surface area contributed by atoms with Crippen molar-refractivity contribution >= 4 is 0 Å². The van der Waals surface area contributed by atoms with Crippen molar-refractivity contribution in [2.24, 2.45) is 5.92 Å². The molecular formula is C17H27N. The molecule has 0 aliphatic heterocycles. The molecule has 0 aromatic heterocycles. The molecule has 1 aliphatic rings. The van der Waals surface area contributed by atoms with Crippen molar-refractivity contribution in [3.8, 4) is 0 Å². The topological polar surface area (TPSA) is 12.0 Å². The van der Waals surface area contributed by atoms with Gasteiger partial charge in [0.15, 0.2) is 0 Å². The van der Waals surface area contributed by atoms with Gasteiger partial charge in [0.2, 0.25) is 0 Å². The van der Waals surface area contributed by atoms with Crippen LogP contribution in [0.15, 0.2) is 30.3 Å². The molecule has 0 amide bonds. The average molecular weight is 245 g/mol. The molecule has 1 aromatic rings. The Morgan fingerprint density at radius 2 is 1.89 bits per heavy atom. The lowest BCUT2D eigenvalue weighted by Crippen LogP contribution is -2.27. The first-order chi connectivity index (χ1) is 8.88. The van der Waals surface area contributed by atoms with Crippen LogP contribution in [0.1, 0.15) is 50.5 Å². The third-order valence-corrected chi connectivity index (χ3v) is 4.36. The van der Waals surface area contributed by atoms with Crippen LogP contribution in [0, 0.1) is 5.92 Å². The lowest BCUT2D eigenvalue weighted by atomic mass is 9.94. The fourth-order valence-corrected chi connectivity index (χ4v) is 3.23. The van der Waals surface area contributed by atoms with Gasteiger partial charge in [-0.05, 0) is 44.2 Å². The molecule has 1 nitrogen and oxygen atoms in total. The van der Waals surface area contributed by atoms with Gasteiger partial charge in [-0.1, -0.05) is 56.0 Å². The van der Waals surface area contributed by atoms with Gasteiger partial charge in [-0.3, -0.25) is 0 Å². The van der Waals surface area contributed by atoms with Gasteiger partial charge in [-0.2, -0.15) is 0 Å². The van der Waals surface area contributed by atoms with Crippen molar-refractivity contribution in [1.29, 1.82) is 0 Å². The number of benzene rings is 1. The monoisotopic (exact) mass is 245 g/mol. The normalized spacial score (nSPS) is 18.1. The minimum absolute atomic E-state index is 0.733. The lowest BCUT2D eigenvalue weighted by molar-refractivity contribution is 0.382. The number of hydrogen-bond acceptors (Lipinski definition) is 1. The van der Waals surface area contributed by atoms with E-state index in [4.69, 9.17) is 0 Å². The molecule has 0 saturated heterocycles. The first kappa shape index (κ1) is 13.6. The standard InChI is InChI=1S/C17H27N/c1-18-17(14-16-10-5-6-11-16)13-7-12-15-8-3-2-4-9-15/h2-4,8-9,16-18H,5-7,10-14H2,1H3. The van der Waals surface area contributed by atoms with E-state index in [1.165, 1.54) is 56.9 Å². The third kappa shape index (κ3) is 4.45. The van der Waals surface area contributed by atoms with Gasteiger partial charge in [-0.15, -0.1) is 0 Å². The molecule has 0 heterocycles. The van der Waals surface area contributed by atoms with Gasteiger partial charge in [0.1, 0.15) is 0 Å². The Labute approximate surface area is 112 Å². The van der Waals surface area contributed by atoms with Crippen LogP contribution in [0.4, 0.5) is 0 Å². The van der Waals surface area contributed by atoms with Crippen molar-refractivity contribution in [2.45, 2.75) is 57.4 Å². The largest absolute Gasteiger partial charge is 0.317 e. The van der Waals surface area contributed by atoms with Crippen LogP contribution in [0.2, 0.25) is 0 Å². The predicted octanol–water partition coefficient (Wildman–Crippen LogP) is 4.18. The second-order valence-electron chi connectivity index (χ2n) is 5.75. The summed E-state index contributed by atoms with van der Waals surface area (Å²) in [6.07, 6.45) is 11.1. The number of nitrogens with one attached hydrogen (secondary N) is 1. The van der Waals surface area contributed by atoms with Crippen LogP contribution >= 0.6 is 0 Å². The van der Waals surface area contributed by atoms with Gasteiger partial charge in [0.05, 0.1) is 0 Å². The zero-order valence-electron chi connectivity index (χ0n) is 11.7. The van der Waals surface area contributed by atoms with Crippen molar-refractivity contribution in [2.75, 3.05) is 7.05 Å². The van der Waals surface area contributed by atoms with E-state index in [1.807, 2.05) is 0 Å². The summed E-state index contributed by atoms with van der Waals surface area (Å²) in [5.74, 6) is 0.999. The maximum Gasteiger partial charge on any atom is 0.00668 e. The van der Waals surface area contributed by atoms with E-state index in [0.717, 1.165) is 12.0 Å². The summed E-state index contributed by atoms with van der Waals surface area (Å²) in [5, 5.41) is 3.52. The predicted molar refractivity (Wildman–Crippen MR) is 78.8 cm³/mol. The Balaban J connectivity index is 1.67. The van der Waals surface area contributed by atoms with Crippen LogP contribution in [-0.4, -0.2) is 13.1 Å². The summed E-state index contributed by atoms with van der Waals surface area (Å²) in [7, 11) is 2.13. The SMILES string of the molecule is CNC(CCCc1ccccc1)CC1CCCC1. The zero-order valence-corrected chi connectivity index (χ0v) is 11.7. The highest BCUT2D eigenvalue weighted by Crippen LogP contribution is 2.29. The summed E-state index contributed by atoms with van der Waals surface area (Å²) < 4.78 is 0. The fraction of sp³-hybridized carbons (Fsp3) is 0.647. The van der Waals surface area contributed by atoms with E-state index in [-0.39, 0.29) is 0 Å². The average Bonchev–Trinajstić information content (AvgIpc) is 2.92. The molecule has 2 rings (SSSR count). The van der Waals surface area contributed by atoms with Crippen LogP contribution in [0.3, 0.4) is 0 Å². The second kappa shape index (κ2) is 7.58. The zero-order chi connectivity index (χ0) is 12.6. The number of hydrogen-bond donors (Lipinski definition) is 1. The van der Waals surface area contributed by atoms with E-state index >= 15 is 0 Å². The minimum atomic E-state index is 0.733. The molecule has 1 aromatic carbocycles. The molecule has 0 bridgehead atoms. The van der Waals surface area contributed by atoms with Gasteiger partial charge >= 0.3 is 0 Å². The van der Waals surface area contributed by atoms with Crippen molar-refractivity contribution in [3.05, 3.63) is 35.9 Å². The first-order valence-electron chi connectivity index (χ1n) is 7.59. The van der Waals surface area contributed by atoms with Crippen LogP contribution in [0.25, 0.3) is 0 Å². The molecule has 0 radical (unpaired) electrons. The molecule has 1 unspecified atom stereocenters. The van der Waals surface area contributed by atoms with Crippen LogP contribution < -0.4 is 5.32 Å². The van der Waals surface area contributed by atoms with E-state index in [2.05, 4.69) is 42.7 Å². The maximum atomic E-state index is 3.52. The van der Waals surface area contributed by atoms with E-state index in [1.54, 1.807) is 0 Å². The molecule has 1 N–H and O–H groups in total. The van der Waals surface area contributed by atoms with Crippen molar-refractivity contribution in [3.63, 3.8) is 0 Å². The van der Waals surface area contributed by atoms with Gasteiger partial charge < -0.3 is 5.32 Å². The van der Waals surface area contributed by atoms with Crippen LogP contribution in [0.5, 0.6) is 0 Å². The molecule has 0 spiro atoms. The highest BCUT2D eigenvalue weighted by Gasteiger charge is 2.18. The fourth-order valence-electron chi connectivity index (χ4n) is 3.23. The van der Waals surface area contributed by atoms with E-state index in [0.29, 0.717) is 0 Å². The molecule has 100 valence electrons. The van der Waals surface area contributed by atoms with E-state index in [9.17, 15) is 0 Å². The van der Waals surface area contributed by atoms with E-state index < -0.39 is 0 Å². The number of rotatable bonds is 7. The minimum Gasteiger partial charge on any atom is -0.317 e. The van der Waals surface area contributed by atoms with Crippen molar-refractivity contribution < 1.29 is 0 Å². The Bertz CT molecular complexity index is 314. The molecule has 1 fully saturated rings. The first-order valence-corrected chi connectivity index (χ1v) is 7.59. The summed E-state index contributed by atoms with van der Waals surface area (Å²) in [4.78, 5) is 0. The molecule has 1 aliphatic carbocycles. The Kier molecular flexibility index (Phi) is 5.73. The number of aryl methyl sites for hydroxylation is 1. The Hall–Kier alpha value is -0.820. The van der Waals surface area contributed by atoms with Crippen molar-refractivity contribution in [1.82, 2.24) is 5.32 Å². The van der Waals surface area contributed by atoms with Crippen LogP contribution in [-0.2, 0) is 6.42 Å². The quantitative estimate of drug-likeness (QED) is 0.760. The Morgan fingerprint density at radius 3 is 2.56 bits per heavy atom. The molecular weight excluding hydrogens is 218 g/mol. The molecule has 1 saturated carbocycles. The van der Waals surface area contributed by atoms with Gasteiger partial charge in [0, 0.05) is 6.04 Å². The smallest absolute Gasteiger partial charge is 0.00668 e. The summed E-state index contributed by atoms with van der Waals surface area (Å²) in [6.45, 7) is 0. The molecule has 1 atom stereocenters. The second-order valence-corrected chi connectivity index (χ2v) is 5.75. The maximum absolute atomic E-state index is 3.52. The lowest BCUT2D eigenvalue weighted by Gasteiger charge is -2.20. The summed E-state index contributed by atoms with van der Waals surface area (Å²) >= 11 is 0. The van der Waals surface area contributed by atoms with Gasteiger partial charge in [-0.25, -0.2) is 0 Å². The third-order valence-electron chi connectivity index (χ3n) is 4.36.